The van der Waals surface area contributed by atoms with E-state index >= 15 is 0 Å². The molecule has 7 heteroatoms. The van der Waals surface area contributed by atoms with Gasteiger partial charge in [-0.1, -0.05) is 0 Å². The molecule has 0 amide bonds. The van der Waals surface area contributed by atoms with Crippen LogP contribution < -0.4 is 10.1 Å². The quantitative estimate of drug-likeness (QED) is 0.937. The maximum absolute atomic E-state index is 12.8. The third-order valence-electron chi connectivity index (χ3n) is 2.68. The Morgan fingerprint density at radius 1 is 1.19 bits per heavy atom. The van der Waals surface area contributed by atoms with Crippen molar-refractivity contribution in [3.63, 3.8) is 0 Å². The first-order chi connectivity index (χ1) is 9.94. The molecular formula is C14H10F3N3O. The molecule has 1 N–H and O–H groups in total. The molecule has 1 aromatic heterocycles. The minimum Gasteiger partial charge on any atom is -0.481 e. The first kappa shape index (κ1) is 14.7. The van der Waals surface area contributed by atoms with Crippen LogP contribution in [0.15, 0.2) is 36.5 Å². The Morgan fingerprint density at radius 2 is 1.90 bits per heavy atom. The molecule has 21 heavy (non-hydrogen) atoms. The second-order valence-electron chi connectivity index (χ2n) is 4.08. The van der Waals surface area contributed by atoms with Gasteiger partial charge in [0, 0.05) is 11.8 Å². The summed E-state index contributed by atoms with van der Waals surface area (Å²) in [7, 11) is 1.46. The number of halogens is 3. The van der Waals surface area contributed by atoms with Crippen molar-refractivity contribution in [1.82, 2.24) is 4.98 Å². The Morgan fingerprint density at radius 3 is 2.43 bits per heavy atom. The number of anilines is 2. The number of rotatable bonds is 3. The molecule has 108 valence electrons. The number of benzene rings is 1. The van der Waals surface area contributed by atoms with Crippen molar-refractivity contribution in [2.24, 2.45) is 0 Å². The molecule has 0 aliphatic rings. The van der Waals surface area contributed by atoms with Gasteiger partial charge < -0.3 is 10.1 Å². The largest absolute Gasteiger partial charge is 0.481 e. The van der Waals surface area contributed by atoms with Crippen molar-refractivity contribution in [1.29, 1.82) is 5.26 Å². The number of nitrogens with zero attached hydrogens (tertiary/aromatic N) is 2. The minimum atomic E-state index is -4.58. The predicted octanol–water partition coefficient (Wildman–Crippen LogP) is 3.72. The maximum Gasteiger partial charge on any atom is 0.417 e. The van der Waals surface area contributed by atoms with Gasteiger partial charge in [-0.3, -0.25) is 0 Å². The highest BCUT2D eigenvalue weighted by molar-refractivity contribution is 5.62. The Balaban J connectivity index is 2.30. The standard InChI is InChI=1S/C14H10F3N3O/c1-21-13-5-4-11(8-19-13)20-10-3-2-9(7-18)12(6-10)14(15,16)17/h2-6,8,20H,1H3. The van der Waals surface area contributed by atoms with Crippen LogP contribution in [0.1, 0.15) is 11.1 Å². The summed E-state index contributed by atoms with van der Waals surface area (Å²) in [5, 5.41) is 11.5. The zero-order valence-corrected chi connectivity index (χ0v) is 10.9. The zero-order chi connectivity index (χ0) is 15.5. The topological polar surface area (TPSA) is 57.9 Å². The SMILES string of the molecule is COc1ccc(Nc2ccc(C#N)c(C(F)(F)F)c2)cn1. The first-order valence-corrected chi connectivity index (χ1v) is 5.82. The number of hydrogen-bond donors (Lipinski definition) is 1. The fraction of sp³-hybridized carbons (Fsp3) is 0.143. The van der Waals surface area contributed by atoms with E-state index in [2.05, 4.69) is 10.3 Å². The molecule has 0 unspecified atom stereocenters. The number of alkyl halides is 3. The average molecular weight is 293 g/mol. The number of methoxy groups -OCH3 is 1. The van der Waals surface area contributed by atoms with Gasteiger partial charge in [0.2, 0.25) is 5.88 Å². The van der Waals surface area contributed by atoms with E-state index < -0.39 is 17.3 Å². The van der Waals surface area contributed by atoms with Gasteiger partial charge in [0.25, 0.3) is 0 Å². The van der Waals surface area contributed by atoms with Gasteiger partial charge in [-0.2, -0.15) is 18.4 Å². The monoisotopic (exact) mass is 293 g/mol. The highest BCUT2D eigenvalue weighted by Crippen LogP contribution is 2.34. The summed E-state index contributed by atoms with van der Waals surface area (Å²) in [5.41, 5.74) is -0.667. The number of aromatic nitrogens is 1. The lowest BCUT2D eigenvalue weighted by atomic mass is 10.1. The van der Waals surface area contributed by atoms with Crippen LogP contribution in [0.2, 0.25) is 0 Å². The third kappa shape index (κ3) is 3.42. The van der Waals surface area contributed by atoms with Crippen molar-refractivity contribution < 1.29 is 17.9 Å². The number of pyridine rings is 1. The fourth-order valence-corrected chi connectivity index (χ4v) is 1.70. The van der Waals surface area contributed by atoms with E-state index in [1.54, 1.807) is 12.1 Å². The number of nitrogens with one attached hydrogen (secondary N) is 1. The van der Waals surface area contributed by atoms with E-state index in [1.165, 1.54) is 25.4 Å². The van der Waals surface area contributed by atoms with Gasteiger partial charge >= 0.3 is 6.18 Å². The Bertz CT molecular complexity index is 675. The predicted molar refractivity (Wildman–Crippen MR) is 70.2 cm³/mol. The molecule has 0 saturated carbocycles. The Hall–Kier alpha value is -2.75. The summed E-state index contributed by atoms with van der Waals surface area (Å²) in [4.78, 5) is 3.94. The summed E-state index contributed by atoms with van der Waals surface area (Å²) in [6.45, 7) is 0. The van der Waals surface area contributed by atoms with Gasteiger partial charge in [-0.05, 0) is 24.3 Å². The van der Waals surface area contributed by atoms with Crippen molar-refractivity contribution in [2.75, 3.05) is 12.4 Å². The van der Waals surface area contributed by atoms with Crippen molar-refractivity contribution in [3.05, 3.63) is 47.7 Å². The van der Waals surface area contributed by atoms with Crippen molar-refractivity contribution in [3.8, 4) is 11.9 Å². The van der Waals surface area contributed by atoms with Crippen LogP contribution in [-0.2, 0) is 6.18 Å². The highest BCUT2D eigenvalue weighted by atomic mass is 19.4. The van der Waals surface area contributed by atoms with Crippen LogP contribution >= 0.6 is 0 Å². The molecule has 0 aliphatic carbocycles. The molecule has 2 rings (SSSR count). The molecule has 0 aliphatic heterocycles. The third-order valence-corrected chi connectivity index (χ3v) is 2.68. The van der Waals surface area contributed by atoms with E-state index in [0.717, 1.165) is 12.1 Å². The summed E-state index contributed by atoms with van der Waals surface area (Å²) in [5.74, 6) is 0.399. The van der Waals surface area contributed by atoms with E-state index in [0.29, 0.717) is 11.6 Å². The van der Waals surface area contributed by atoms with E-state index in [4.69, 9.17) is 10.00 Å². The molecule has 0 bridgehead atoms. The molecule has 1 heterocycles. The van der Waals surface area contributed by atoms with Gasteiger partial charge in [0.15, 0.2) is 0 Å². The lowest BCUT2D eigenvalue weighted by Gasteiger charge is -2.12. The Labute approximate surface area is 118 Å². The van der Waals surface area contributed by atoms with Crippen LogP contribution in [0.4, 0.5) is 24.5 Å². The molecule has 2 aromatic rings. The lowest BCUT2D eigenvalue weighted by molar-refractivity contribution is -0.137. The first-order valence-electron chi connectivity index (χ1n) is 5.82. The minimum absolute atomic E-state index is 0.216. The summed E-state index contributed by atoms with van der Waals surface area (Å²) >= 11 is 0. The highest BCUT2D eigenvalue weighted by Gasteiger charge is 2.33. The fourth-order valence-electron chi connectivity index (χ4n) is 1.70. The Kier molecular flexibility index (Phi) is 3.98. The van der Waals surface area contributed by atoms with E-state index in [-0.39, 0.29) is 5.69 Å². The molecule has 4 nitrogen and oxygen atoms in total. The molecule has 1 aromatic carbocycles. The summed E-state index contributed by atoms with van der Waals surface area (Å²) in [6.07, 6.45) is -3.15. The zero-order valence-electron chi connectivity index (χ0n) is 10.9. The second kappa shape index (κ2) is 5.71. The van der Waals surface area contributed by atoms with Gasteiger partial charge in [0.1, 0.15) is 0 Å². The van der Waals surface area contributed by atoms with Crippen LogP contribution in [-0.4, -0.2) is 12.1 Å². The van der Waals surface area contributed by atoms with Gasteiger partial charge in [0.05, 0.1) is 36.2 Å². The van der Waals surface area contributed by atoms with Crippen LogP contribution in [0.5, 0.6) is 5.88 Å². The number of hydrogen-bond acceptors (Lipinski definition) is 4. The number of nitriles is 1. The van der Waals surface area contributed by atoms with Gasteiger partial charge in [-0.15, -0.1) is 0 Å². The van der Waals surface area contributed by atoms with Crippen LogP contribution in [0.25, 0.3) is 0 Å². The molecule has 0 atom stereocenters. The summed E-state index contributed by atoms with van der Waals surface area (Å²) < 4.78 is 43.4. The second-order valence-corrected chi connectivity index (χ2v) is 4.08. The molecule has 0 spiro atoms. The molecular weight excluding hydrogens is 283 g/mol. The average Bonchev–Trinajstić information content (AvgIpc) is 2.47. The lowest BCUT2D eigenvalue weighted by Crippen LogP contribution is -2.08. The molecule has 0 radical (unpaired) electrons. The molecule has 0 saturated heterocycles. The number of ether oxygens (including phenoxy) is 1. The van der Waals surface area contributed by atoms with Crippen molar-refractivity contribution >= 4 is 11.4 Å². The smallest absolute Gasteiger partial charge is 0.417 e. The molecule has 0 fully saturated rings. The normalized spacial score (nSPS) is 10.8. The van der Waals surface area contributed by atoms with Crippen LogP contribution in [0, 0.1) is 11.3 Å². The van der Waals surface area contributed by atoms with Gasteiger partial charge in [-0.25, -0.2) is 4.98 Å². The van der Waals surface area contributed by atoms with Crippen molar-refractivity contribution in [2.45, 2.75) is 6.18 Å². The maximum atomic E-state index is 12.8. The van der Waals surface area contributed by atoms with E-state index in [1.807, 2.05) is 0 Å². The van der Waals surface area contributed by atoms with Crippen LogP contribution in [0.3, 0.4) is 0 Å². The summed E-state index contributed by atoms with van der Waals surface area (Å²) in [6, 6.07) is 8.15. The van der Waals surface area contributed by atoms with E-state index in [9.17, 15) is 13.2 Å².